The number of carbonyl (C=O) groups excluding carboxylic acids is 2. The van der Waals surface area contributed by atoms with Gasteiger partial charge in [0.15, 0.2) is 0 Å². The average Bonchev–Trinajstić information content (AvgIpc) is 3.65. The predicted octanol–water partition coefficient (Wildman–Crippen LogP) is 3.67. The van der Waals surface area contributed by atoms with Crippen molar-refractivity contribution in [2.24, 2.45) is 5.41 Å². The highest BCUT2D eigenvalue weighted by molar-refractivity contribution is 5.79. The van der Waals surface area contributed by atoms with Crippen LogP contribution in [0, 0.1) is 5.41 Å². The van der Waals surface area contributed by atoms with Crippen LogP contribution in [0.5, 0.6) is 0 Å². The van der Waals surface area contributed by atoms with E-state index in [1.54, 1.807) is 11.8 Å². The van der Waals surface area contributed by atoms with E-state index in [0.717, 1.165) is 25.3 Å². The van der Waals surface area contributed by atoms with Crippen LogP contribution in [0.15, 0.2) is 18.2 Å². The molecule has 1 aliphatic carbocycles. The number of alkyl halides is 6. The molecule has 1 saturated carbocycles. The van der Waals surface area contributed by atoms with Gasteiger partial charge in [-0.25, -0.2) is 0 Å². The highest BCUT2D eigenvalue weighted by Crippen LogP contribution is 2.53. The molecule has 1 aromatic rings. The van der Waals surface area contributed by atoms with Crippen LogP contribution in [-0.4, -0.2) is 82.8 Å². The molecular weight excluding hydrogens is 532 g/mol. The number of rotatable bonds is 6. The minimum Gasteiger partial charge on any atom is -0.394 e. The van der Waals surface area contributed by atoms with Crippen LogP contribution >= 0.6 is 0 Å². The van der Waals surface area contributed by atoms with Gasteiger partial charge in [0.05, 0.1) is 29.9 Å². The lowest BCUT2D eigenvalue weighted by Gasteiger charge is -2.37. The molecule has 3 atom stereocenters. The van der Waals surface area contributed by atoms with Gasteiger partial charge in [-0.05, 0) is 56.2 Å². The minimum absolute atomic E-state index is 0.00553. The number of hydrogen-bond donors (Lipinski definition) is 2. The quantitative estimate of drug-likeness (QED) is 0.515. The van der Waals surface area contributed by atoms with E-state index in [0.29, 0.717) is 18.7 Å². The van der Waals surface area contributed by atoms with Gasteiger partial charge in [-0.3, -0.25) is 9.59 Å². The van der Waals surface area contributed by atoms with Crippen LogP contribution in [0.2, 0.25) is 0 Å². The van der Waals surface area contributed by atoms with E-state index < -0.39 is 48.3 Å². The van der Waals surface area contributed by atoms with Crippen molar-refractivity contribution in [2.75, 3.05) is 37.7 Å². The fraction of sp³-hybridized carbons (Fsp3) is 0.692. The van der Waals surface area contributed by atoms with Crippen molar-refractivity contribution in [3.63, 3.8) is 0 Å². The number of nitrogens with zero attached hydrogens (tertiary/aromatic N) is 3. The Labute approximate surface area is 222 Å². The van der Waals surface area contributed by atoms with Crippen molar-refractivity contribution in [1.82, 2.24) is 9.80 Å². The van der Waals surface area contributed by atoms with Crippen LogP contribution in [-0.2, 0) is 21.9 Å². The van der Waals surface area contributed by atoms with Crippen molar-refractivity contribution in [3.05, 3.63) is 29.3 Å². The van der Waals surface area contributed by atoms with Crippen LogP contribution in [0.4, 0.5) is 32.0 Å². The number of benzene rings is 1. The SMILES string of the molecule is C[C@H]1CN([C@@H](CO)CCC(=O)N2CCC3(CC3)[C@H](O)C2)C(=O)CCN1c1ccc(C(F)(F)F)c(C(F)(F)F)c1. The number of anilines is 1. The summed E-state index contributed by atoms with van der Waals surface area (Å²) >= 11 is 0. The Balaban J connectivity index is 1.44. The molecule has 2 heterocycles. The molecule has 2 saturated heterocycles. The maximum absolute atomic E-state index is 13.5. The minimum atomic E-state index is -5.23. The number of hydrogen-bond acceptors (Lipinski definition) is 5. The van der Waals surface area contributed by atoms with Gasteiger partial charge in [-0.15, -0.1) is 0 Å². The van der Waals surface area contributed by atoms with E-state index in [9.17, 15) is 46.1 Å². The summed E-state index contributed by atoms with van der Waals surface area (Å²) < 4.78 is 80.0. The van der Waals surface area contributed by atoms with E-state index >= 15 is 0 Å². The standard InChI is InChI=1S/C26H33F6N3O4/c1-16-13-35(18(15-36)3-5-22(38)33-11-9-24(7-8-24)21(37)14-33)23(39)6-10-34(16)17-2-4-19(25(27,28)29)20(12-17)26(30,31)32/h2,4,12,16,18,21,36-37H,3,5-11,13-15H2,1H3/t16-,18+,21+/m0/s1. The van der Waals surface area contributed by atoms with Crippen molar-refractivity contribution >= 4 is 17.5 Å². The van der Waals surface area contributed by atoms with Gasteiger partial charge in [0.2, 0.25) is 11.8 Å². The maximum Gasteiger partial charge on any atom is 0.417 e. The van der Waals surface area contributed by atoms with Crippen LogP contribution in [0.25, 0.3) is 0 Å². The third-order valence-electron chi connectivity index (χ3n) is 8.39. The summed E-state index contributed by atoms with van der Waals surface area (Å²) in [5.74, 6) is -0.563. The van der Waals surface area contributed by atoms with E-state index in [1.807, 2.05) is 0 Å². The Kier molecular flexibility index (Phi) is 8.15. The number of carbonyl (C=O) groups is 2. The number of likely N-dealkylation sites (tertiary alicyclic amines) is 1. The number of aliphatic hydroxyl groups is 2. The smallest absolute Gasteiger partial charge is 0.394 e. The van der Waals surface area contributed by atoms with Gasteiger partial charge < -0.3 is 24.9 Å². The summed E-state index contributed by atoms with van der Waals surface area (Å²) in [5, 5.41) is 20.4. The van der Waals surface area contributed by atoms with E-state index in [-0.39, 0.29) is 61.8 Å². The number of halogens is 6. The first-order chi connectivity index (χ1) is 18.2. The Morgan fingerprint density at radius 2 is 1.72 bits per heavy atom. The zero-order valence-electron chi connectivity index (χ0n) is 21.6. The molecule has 218 valence electrons. The molecule has 3 aliphatic rings. The highest BCUT2D eigenvalue weighted by Gasteiger charge is 2.51. The van der Waals surface area contributed by atoms with Gasteiger partial charge in [0.1, 0.15) is 0 Å². The van der Waals surface area contributed by atoms with Crippen LogP contribution < -0.4 is 4.90 Å². The zero-order valence-corrected chi connectivity index (χ0v) is 21.6. The van der Waals surface area contributed by atoms with Crippen molar-refractivity contribution in [3.8, 4) is 0 Å². The first-order valence-corrected chi connectivity index (χ1v) is 13.1. The molecule has 0 radical (unpaired) electrons. The summed E-state index contributed by atoms with van der Waals surface area (Å²) in [5.41, 5.74) is -3.73. The van der Waals surface area contributed by atoms with Gasteiger partial charge in [0, 0.05) is 50.7 Å². The third-order valence-corrected chi connectivity index (χ3v) is 8.39. The topological polar surface area (TPSA) is 84.3 Å². The van der Waals surface area contributed by atoms with Crippen molar-refractivity contribution < 1.29 is 46.1 Å². The number of β-amino-alcohol motifs (C(OH)–C–C–N with tert-alkyl or cyclic N) is 1. The fourth-order valence-electron chi connectivity index (χ4n) is 5.78. The first-order valence-electron chi connectivity index (χ1n) is 13.1. The zero-order chi connectivity index (χ0) is 28.8. The summed E-state index contributed by atoms with van der Waals surface area (Å²) in [4.78, 5) is 30.2. The number of amides is 2. The lowest BCUT2D eigenvalue weighted by molar-refractivity contribution is -0.162. The monoisotopic (exact) mass is 565 g/mol. The molecule has 0 aromatic heterocycles. The predicted molar refractivity (Wildman–Crippen MR) is 129 cm³/mol. The Morgan fingerprint density at radius 3 is 2.28 bits per heavy atom. The Morgan fingerprint density at radius 1 is 1.05 bits per heavy atom. The molecule has 0 unspecified atom stereocenters. The van der Waals surface area contributed by atoms with Crippen LogP contribution in [0.1, 0.15) is 56.6 Å². The van der Waals surface area contributed by atoms with E-state index in [1.165, 1.54) is 9.80 Å². The van der Waals surface area contributed by atoms with Gasteiger partial charge >= 0.3 is 12.4 Å². The largest absolute Gasteiger partial charge is 0.417 e. The fourth-order valence-corrected chi connectivity index (χ4v) is 5.78. The molecule has 7 nitrogen and oxygen atoms in total. The molecule has 1 spiro atoms. The second-order valence-corrected chi connectivity index (χ2v) is 10.9. The summed E-state index contributed by atoms with van der Waals surface area (Å²) in [6, 6.07) is 0.536. The lowest BCUT2D eigenvalue weighted by Crippen LogP contribution is -2.49. The molecule has 2 aliphatic heterocycles. The molecule has 1 aromatic carbocycles. The van der Waals surface area contributed by atoms with Crippen LogP contribution in [0.3, 0.4) is 0 Å². The number of aliphatic hydroxyl groups excluding tert-OH is 2. The van der Waals surface area contributed by atoms with Crippen molar-refractivity contribution in [2.45, 2.75) is 76.0 Å². The lowest BCUT2D eigenvalue weighted by atomic mass is 9.90. The summed E-state index contributed by atoms with van der Waals surface area (Å²) in [6.45, 7) is 1.98. The normalized spacial score (nSPS) is 24.6. The highest BCUT2D eigenvalue weighted by atomic mass is 19.4. The Hall–Kier alpha value is -2.54. The molecule has 3 fully saturated rings. The second kappa shape index (κ2) is 10.8. The summed E-state index contributed by atoms with van der Waals surface area (Å²) in [6.07, 6.45) is -8.25. The van der Waals surface area contributed by atoms with Gasteiger partial charge in [0.25, 0.3) is 0 Å². The summed E-state index contributed by atoms with van der Waals surface area (Å²) in [7, 11) is 0. The molecule has 4 rings (SSSR count). The van der Waals surface area contributed by atoms with E-state index in [2.05, 4.69) is 0 Å². The molecular formula is C26H33F6N3O4. The molecule has 39 heavy (non-hydrogen) atoms. The first kappa shape index (κ1) is 29.4. The van der Waals surface area contributed by atoms with Gasteiger partial charge in [-0.2, -0.15) is 26.3 Å². The maximum atomic E-state index is 13.5. The van der Waals surface area contributed by atoms with Crippen molar-refractivity contribution in [1.29, 1.82) is 0 Å². The molecule has 13 heteroatoms. The molecule has 0 bridgehead atoms. The Bertz CT molecular complexity index is 1070. The second-order valence-electron chi connectivity index (χ2n) is 10.9. The molecule has 2 amide bonds. The number of piperidine rings is 1. The molecule has 2 N–H and O–H groups in total. The average molecular weight is 566 g/mol. The third kappa shape index (κ3) is 6.29. The van der Waals surface area contributed by atoms with Gasteiger partial charge in [-0.1, -0.05) is 0 Å². The van der Waals surface area contributed by atoms with E-state index in [4.69, 9.17) is 0 Å².